The number of rotatable bonds is 13. The standard InChI is InChI=1S/C26H31NO6S/c1-20(2)27(34(30,31)23-15-13-21(14-16-23)24-11-8-18-33-24)19-22-9-5-6-10-25(22)32-17-7-3-4-12-26(28)29/h5-6,8-11,13-16,18,20H,3-4,7,12,17,19H2,1-2H3,(H,28,29)/i19D. The number of carboxylic acids is 1. The van der Waals surface area contributed by atoms with Gasteiger partial charge in [-0.1, -0.05) is 18.2 Å². The first-order valence-electron chi connectivity index (χ1n) is 11.8. The number of carbonyl (C=O) groups is 1. The average molecular weight is 487 g/mol. The molecule has 0 aliphatic heterocycles. The quantitative estimate of drug-likeness (QED) is 0.317. The number of unbranched alkanes of at least 4 members (excludes halogenated alkanes) is 2. The molecular weight excluding hydrogens is 454 g/mol. The van der Waals surface area contributed by atoms with E-state index in [0.29, 0.717) is 42.9 Å². The lowest BCUT2D eigenvalue weighted by molar-refractivity contribution is -0.137. The molecule has 3 rings (SSSR count). The third kappa shape index (κ3) is 6.71. The molecule has 0 saturated carbocycles. The van der Waals surface area contributed by atoms with Crippen LogP contribution < -0.4 is 4.74 Å². The highest BCUT2D eigenvalue weighted by Gasteiger charge is 2.28. The Balaban J connectivity index is 1.78. The van der Waals surface area contributed by atoms with Crippen molar-refractivity contribution >= 4 is 16.0 Å². The summed E-state index contributed by atoms with van der Waals surface area (Å²) >= 11 is 0. The van der Waals surface area contributed by atoms with Crippen LogP contribution >= 0.6 is 0 Å². The Morgan fingerprint density at radius 2 is 1.79 bits per heavy atom. The summed E-state index contributed by atoms with van der Waals surface area (Å²) in [5.74, 6) is 0.265. The van der Waals surface area contributed by atoms with Gasteiger partial charge in [-0.2, -0.15) is 4.31 Å². The van der Waals surface area contributed by atoms with Gasteiger partial charge in [0.2, 0.25) is 10.0 Å². The molecule has 1 heterocycles. The molecule has 1 N–H and O–H groups in total. The molecule has 8 heteroatoms. The first-order valence-corrected chi connectivity index (χ1v) is 12.7. The molecule has 0 radical (unpaired) electrons. The van der Waals surface area contributed by atoms with E-state index in [1.807, 2.05) is 0 Å². The molecule has 1 unspecified atom stereocenters. The second-order valence-electron chi connectivity index (χ2n) is 8.15. The van der Waals surface area contributed by atoms with Crippen molar-refractivity contribution in [1.29, 1.82) is 0 Å². The molecule has 0 fully saturated rings. The normalized spacial score (nSPS) is 13.1. The van der Waals surface area contributed by atoms with Crippen LogP contribution in [0.2, 0.25) is 0 Å². The van der Waals surface area contributed by atoms with Crippen molar-refractivity contribution in [2.45, 2.75) is 57.0 Å². The lowest BCUT2D eigenvalue weighted by Crippen LogP contribution is -2.36. The van der Waals surface area contributed by atoms with Crippen molar-refractivity contribution in [1.82, 2.24) is 4.31 Å². The minimum absolute atomic E-state index is 0.0931. The molecule has 182 valence electrons. The zero-order valence-corrected chi connectivity index (χ0v) is 20.2. The molecule has 0 bridgehead atoms. The largest absolute Gasteiger partial charge is 0.493 e. The van der Waals surface area contributed by atoms with Crippen LogP contribution in [0.1, 0.15) is 46.5 Å². The minimum Gasteiger partial charge on any atom is -0.493 e. The van der Waals surface area contributed by atoms with Gasteiger partial charge in [0.1, 0.15) is 11.5 Å². The molecule has 1 atom stereocenters. The van der Waals surface area contributed by atoms with Crippen LogP contribution in [0.3, 0.4) is 0 Å². The van der Waals surface area contributed by atoms with E-state index in [4.69, 9.17) is 15.6 Å². The van der Waals surface area contributed by atoms with E-state index in [0.717, 1.165) is 5.56 Å². The lowest BCUT2D eigenvalue weighted by Gasteiger charge is -2.27. The van der Waals surface area contributed by atoms with E-state index in [1.54, 1.807) is 68.6 Å². The third-order valence-corrected chi connectivity index (χ3v) is 7.17. The van der Waals surface area contributed by atoms with Gasteiger partial charge in [-0.3, -0.25) is 4.79 Å². The molecule has 1 aromatic heterocycles. The van der Waals surface area contributed by atoms with Gasteiger partial charge in [0.25, 0.3) is 0 Å². The second-order valence-corrected chi connectivity index (χ2v) is 9.99. The molecule has 0 aliphatic carbocycles. The molecule has 0 aliphatic rings. The van der Waals surface area contributed by atoms with Gasteiger partial charge in [-0.15, -0.1) is 0 Å². The van der Waals surface area contributed by atoms with Gasteiger partial charge in [-0.25, -0.2) is 8.42 Å². The average Bonchev–Trinajstić information content (AvgIpc) is 3.36. The number of aliphatic carboxylic acids is 1. The highest BCUT2D eigenvalue weighted by molar-refractivity contribution is 7.89. The van der Waals surface area contributed by atoms with Crippen LogP contribution in [0, 0.1) is 0 Å². The Morgan fingerprint density at radius 3 is 2.44 bits per heavy atom. The van der Waals surface area contributed by atoms with E-state index in [1.165, 1.54) is 16.4 Å². The maximum atomic E-state index is 13.6. The lowest BCUT2D eigenvalue weighted by atomic mass is 10.2. The zero-order chi connectivity index (χ0) is 25.4. The first-order chi connectivity index (χ1) is 16.7. The Hall–Kier alpha value is -3.10. The summed E-state index contributed by atoms with van der Waals surface area (Å²) in [5, 5.41) is 8.74. The van der Waals surface area contributed by atoms with Crippen molar-refractivity contribution in [3.05, 3.63) is 72.5 Å². The summed E-state index contributed by atoms with van der Waals surface area (Å²) in [6.07, 6.45) is 3.62. The zero-order valence-electron chi connectivity index (χ0n) is 20.4. The molecule has 0 spiro atoms. The van der Waals surface area contributed by atoms with Crippen LogP contribution in [0.5, 0.6) is 5.75 Å². The fraction of sp³-hybridized carbons (Fsp3) is 0.346. The summed E-state index contributed by atoms with van der Waals surface area (Å²) in [4.78, 5) is 10.7. The van der Waals surface area contributed by atoms with Gasteiger partial charge < -0.3 is 14.3 Å². The number of para-hydroxylation sites is 1. The van der Waals surface area contributed by atoms with E-state index in [2.05, 4.69) is 0 Å². The molecular formula is C26H31NO6S. The summed E-state index contributed by atoms with van der Waals surface area (Å²) in [6.45, 7) is 2.61. The van der Waals surface area contributed by atoms with Crippen LogP contribution in [-0.2, 0) is 21.3 Å². The number of ether oxygens (including phenoxy) is 1. The number of furan rings is 1. The van der Waals surface area contributed by atoms with Gasteiger partial charge >= 0.3 is 5.97 Å². The smallest absolute Gasteiger partial charge is 0.303 e. The van der Waals surface area contributed by atoms with E-state index in [9.17, 15) is 13.2 Å². The third-order valence-electron chi connectivity index (χ3n) is 5.22. The molecule has 2 aromatic carbocycles. The van der Waals surface area contributed by atoms with Crippen molar-refractivity contribution in [3.63, 3.8) is 0 Å². The minimum atomic E-state index is -3.99. The fourth-order valence-electron chi connectivity index (χ4n) is 3.44. The van der Waals surface area contributed by atoms with Gasteiger partial charge in [0, 0.05) is 31.5 Å². The number of nitrogens with zero attached hydrogens (tertiary/aromatic N) is 1. The first kappa shape index (κ1) is 24.0. The van der Waals surface area contributed by atoms with E-state index in [-0.39, 0.29) is 11.3 Å². The van der Waals surface area contributed by atoms with Gasteiger partial charge in [0.15, 0.2) is 0 Å². The van der Waals surface area contributed by atoms with Crippen LogP contribution in [0.4, 0.5) is 0 Å². The summed E-state index contributed by atoms with van der Waals surface area (Å²) < 4.78 is 48.5. The molecule has 0 saturated heterocycles. The monoisotopic (exact) mass is 486 g/mol. The molecule has 34 heavy (non-hydrogen) atoms. The number of carboxylic acid groups (broad SMARTS) is 1. The van der Waals surface area contributed by atoms with E-state index < -0.39 is 28.6 Å². The van der Waals surface area contributed by atoms with Crippen LogP contribution in [0.15, 0.2) is 76.2 Å². The SMILES string of the molecule is [2H]C(c1ccccc1OCCCCCC(=O)O)N(C(C)C)S(=O)(=O)c1ccc(-c2ccco2)cc1. The van der Waals surface area contributed by atoms with Gasteiger partial charge in [-0.05, 0) is 75.6 Å². The highest BCUT2D eigenvalue weighted by atomic mass is 32.2. The molecule has 3 aromatic rings. The van der Waals surface area contributed by atoms with Crippen molar-refractivity contribution in [2.24, 2.45) is 0 Å². The van der Waals surface area contributed by atoms with Gasteiger partial charge in [0.05, 0.1) is 17.8 Å². The predicted molar refractivity (Wildman–Crippen MR) is 130 cm³/mol. The van der Waals surface area contributed by atoms with E-state index >= 15 is 0 Å². The number of hydrogen-bond acceptors (Lipinski definition) is 5. The Bertz CT molecular complexity index is 1190. The Kier molecular flexibility index (Phi) is 8.38. The molecule has 7 nitrogen and oxygen atoms in total. The number of sulfonamides is 1. The fourth-order valence-corrected chi connectivity index (χ4v) is 4.98. The maximum absolute atomic E-state index is 13.6. The second kappa shape index (κ2) is 11.9. The number of hydrogen-bond donors (Lipinski definition) is 1. The maximum Gasteiger partial charge on any atom is 0.303 e. The predicted octanol–water partition coefficient (Wildman–Crippen LogP) is 5.57. The topological polar surface area (TPSA) is 97.0 Å². The number of benzene rings is 2. The molecule has 0 amide bonds. The summed E-state index contributed by atoms with van der Waals surface area (Å²) in [6, 6.07) is 16.4. The van der Waals surface area contributed by atoms with Crippen molar-refractivity contribution in [3.8, 4) is 17.1 Å². The summed E-state index contributed by atoms with van der Waals surface area (Å²) in [7, 11) is -3.99. The summed E-state index contributed by atoms with van der Waals surface area (Å²) in [5.41, 5.74) is 1.21. The highest BCUT2D eigenvalue weighted by Crippen LogP contribution is 2.28. The van der Waals surface area contributed by atoms with Crippen LogP contribution in [0.25, 0.3) is 11.3 Å². The van der Waals surface area contributed by atoms with Crippen molar-refractivity contribution < 1.29 is 28.8 Å². The van der Waals surface area contributed by atoms with Crippen molar-refractivity contribution in [2.75, 3.05) is 6.61 Å². The Morgan fingerprint density at radius 1 is 1.06 bits per heavy atom. The van der Waals surface area contributed by atoms with Crippen LogP contribution in [-0.4, -0.2) is 36.4 Å². The Labute approximate surface area is 202 Å².